The van der Waals surface area contributed by atoms with E-state index in [2.05, 4.69) is 10.4 Å². The first-order chi connectivity index (χ1) is 10.1. The van der Waals surface area contributed by atoms with Crippen molar-refractivity contribution in [3.63, 3.8) is 0 Å². The molecule has 2 aromatic rings. The molecule has 114 valence electrons. The average Bonchev–Trinajstić information content (AvgIpc) is 2.83. The smallest absolute Gasteiger partial charge is 0.0837 e. The highest BCUT2D eigenvalue weighted by molar-refractivity contribution is 6.42. The fraction of sp³-hybridized carbons (Fsp3) is 0.357. The lowest BCUT2D eigenvalue weighted by atomic mass is 10.0. The van der Waals surface area contributed by atoms with E-state index in [-0.39, 0.29) is 6.04 Å². The van der Waals surface area contributed by atoms with E-state index in [4.69, 9.17) is 39.5 Å². The van der Waals surface area contributed by atoms with Crippen LogP contribution in [0.15, 0.2) is 24.4 Å². The van der Waals surface area contributed by atoms with E-state index in [9.17, 15) is 0 Å². The third kappa shape index (κ3) is 3.71. The summed E-state index contributed by atoms with van der Waals surface area (Å²) in [7, 11) is 3.51. The normalized spacial score (nSPS) is 12.6. The van der Waals surface area contributed by atoms with E-state index >= 15 is 0 Å². The molecule has 0 spiro atoms. The third-order valence-corrected chi connectivity index (χ3v) is 4.21. The Kier molecular flexibility index (Phi) is 5.90. The van der Waals surface area contributed by atoms with Crippen molar-refractivity contribution >= 4 is 34.8 Å². The molecule has 21 heavy (non-hydrogen) atoms. The van der Waals surface area contributed by atoms with Gasteiger partial charge >= 0.3 is 0 Å². The van der Waals surface area contributed by atoms with Crippen LogP contribution in [0, 0.1) is 0 Å². The van der Waals surface area contributed by atoms with Crippen LogP contribution in [0.3, 0.4) is 0 Å². The molecule has 1 aromatic heterocycles. The maximum absolute atomic E-state index is 6.30. The van der Waals surface area contributed by atoms with Gasteiger partial charge in [-0.05, 0) is 24.7 Å². The molecule has 0 aliphatic carbocycles. The van der Waals surface area contributed by atoms with Crippen LogP contribution in [-0.2, 0) is 11.3 Å². The van der Waals surface area contributed by atoms with E-state index in [1.165, 1.54) is 0 Å². The minimum absolute atomic E-state index is 0.133. The maximum Gasteiger partial charge on any atom is 0.0837 e. The van der Waals surface area contributed by atoms with Gasteiger partial charge in [0.25, 0.3) is 0 Å². The third-order valence-electron chi connectivity index (χ3n) is 3.18. The van der Waals surface area contributed by atoms with Crippen molar-refractivity contribution in [2.45, 2.75) is 12.6 Å². The van der Waals surface area contributed by atoms with Gasteiger partial charge in [0.15, 0.2) is 0 Å². The Morgan fingerprint density at radius 3 is 2.62 bits per heavy atom. The van der Waals surface area contributed by atoms with Crippen LogP contribution in [-0.4, -0.2) is 30.5 Å². The molecule has 0 aliphatic heterocycles. The minimum atomic E-state index is -0.133. The predicted molar refractivity (Wildman–Crippen MR) is 86.5 cm³/mol. The van der Waals surface area contributed by atoms with E-state index in [0.29, 0.717) is 28.2 Å². The SMILES string of the molecule is CNC(c1ccc(Cl)c(Cl)c1)c1c(Cl)cnn1CCOC. The number of rotatable bonds is 6. The number of aromatic nitrogens is 2. The topological polar surface area (TPSA) is 39.1 Å². The number of ether oxygens (including phenoxy) is 1. The van der Waals surface area contributed by atoms with Crippen molar-refractivity contribution in [3.05, 3.63) is 50.7 Å². The lowest BCUT2D eigenvalue weighted by Crippen LogP contribution is -2.23. The van der Waals surface area contributed by atoms with Crippen LogP contribution in [0.5, 0.6) is 0 Å². The summed E-state index contributed by atoms with van der Waals surface area (Å²) in [6.45, 7) is 1.18. The van der Waals surface area contributed by atoms with Crippen LogP contribution < -0.4 is 5.32 Å². The molecule has 7 heteroatoms. The molecule has 0 bridgehead atoms. The Hall–Kier alpha value is -0.780. The quantitative estimate of drug-likeness (QED) is 0.863. The van der Waals surface area contributed by atoms with Gasteiger partial charge in [0.2, 0.25) is 0 Å². The molecule has 1 unspecified atom stereocenters. The van der Waals surface area contributed by atoms with Gasteiger partial charge in [-0.2, -0.15) is 5.10 Å². The molecule has 0 fully saturated rings. The second-order valence-corrected chi connectivity index (χ2v) is 5.71. The first kappa shape index (κ1) is 16.6. The van der Waals surface area contributed by atoms with Crippen molar-refractivity contribution in [1.82, 2.24) is 15.1 Å². The van der Waals surface area contributed by atoms with Crippen LogP contribution >= 0.6 is 34.8 Å². The van der Waals surface area contributed by atoms with Crippen molar-refractivity contribution in [3.8, 4) is 0 Å². The van der Waals surface area contributed by atoms with Gasteiger partial charge in [-0.1, -0.05) is 40.9 Å². The van der Waals surface area contributed by atoms with Gasteiger partial charge in [-0.15, -0.1) is 0 Å². The number of hydrogen-bond acceptors (Lipinski definition) is 3. The molecule has 4 nitrogen and oxygen atoms in total. The number of nitrogens with zero attached hydrogens (tertiary/aromatic N) is 2. The second-order valence-electron chi connectivity index (χ2n) is 4.49. The standard InChI is InChI=1S/C14H16Cl3N3O/c1-18-13(9-3-4-10(15)11(16)7-9)14-12(17)8-19-20(14)5-6-21-2/h3-4,7-8,13,18H,5-6H2,1-2H3. The summed E-state index contributed by atoms with van der Waals surface area (Å²) in [5.41, 5.74) is 1.84. The Bertz CT molecular complexity index is 616. The predicted octanol–water partition coefficient (Wildman–Crippen LogP) is 3.80. The molecule has 0 saturated heterocycles. The van der Waals surface area contributed by atoms with Crippen LogP contribution in [0.4, 0.5) is 0 Å². The van der Waals surface area contributed by atoms with Crippen molar-refractivity contribution in [1.29, 1.82) is 0 Å². The summed E-state index contributed by atoms with van der Waals surface area (Å²) in [5, 5.41) is 9.15. The fourth-order valence-electron chi connectivity index (χ4n) is 2.17. The highest BCUT2D eigenvalue weighted by atomic mass is 35.5. The molecule has 0 radical (unpaired) electrons. The zero-order valence-corrected chi connectivity index (χ0v) is 14.0. The van der Waals surface area contributed by atoms with Gasteiger partial charge in [0.1, 0.15) is 0 Å². The Morgan fingerprint density at radius 2 is 2.00 bits per heavy atom. The number of nitrogens with one attached hydrogen (secondary N) is 1. The first-order valence-corrected chi connectivity index (χ1v) is 7.54. The molecule has 0 amide bonds. The van der Waals surface area contributed by atoms with E-state index in [0.717, 1.165) is 11.3 Å². The molecular formula is C14H16Cl3N3O. The zero-order chi connectivity index (χ0) is 15.4. The lowest BCUT2D eigenvalue weighted by Gasteiger charge is -2.19. The summed E-state index contributed by atoms with van der Waals surface area (Å²) in [5.74, 6) is 0. The Morgan fingerprint density at radius 1 is 1.24 bits per heavy atom. The number of methoxy groups -OCH3 is 1. The van der Waals surface area contributed by atoms with Gasteiger partial charge in [-0.25, -0.2) is 0 Å². The summed E-state index contributed by atoms with van der Waals surface area (Å²) < 4.78 is 6.93. The Labute approximate surface area is 138 Å². The van der Waals surface area contributed by atoms with Gasteiger partial charge in [0, 0.05) is 7.11 Å². The minimum Gasteiger partial charge on any atom is -0.383 e. The van der Waals surface area contributed by atoms with Gasteiger partial charge in [0.05, 0.1) is 46.2 Å². The van der Waals surface area contributed by atoms with Crippen LogP contribution in [0.2, 0.25) is 15.1 Å². The molecule has 2 rings (SSSR count). The van der Waals surface area contributed by atoms with E-state index < -0.39 is 0 Å². The molecular weight excluding hydrogens is 333 g/mol. The summed E-state index contributed by atoms with van der Waals surface area (Å²) in [4.78, 5) is 0. The number of hydrogen-bond donors (Lipinski definition) is 1. The lowest BCUT2D eigenvalue weighted by molar-refractivity contribution is 0.182. The maximum atomic E-state index is 6.30. The molecule has 1 heterocycles. The second kappa shape index (κ2) is 7.47. The zero-order valence-electron chi connectivity index (χ0n) is 11.7. The van der Waals surface area contributed by atoms with E-state index in [1.54, 1.807) is 19.4 Å². The highest BCUT2D eigenvalue weighted by Gasteiger charge is 2.21. The first-order valence-electron chi connectivity index (χ1n) is 6.40. The monoisotopic (exact) mass is 347 g/mol. The number of halogens is 3. The van der Waals surface area contributed by atoms with Crippen LogP contribution in [0.25, 0.3) is 0 Å². The molecule has 1 atom stereocenters. The highest BCUT2D eigenvalue weighted by Crippen LogP contribution is 2.31. The average molecular weight is 349 g/mol. The number of benzene rings is 1. The van der Waals surface area contributed by atoms with Gasteiger partial charge in [-0.3, -0.25) is 4.68 Å². The summed E-state index contributed by atoms with van der Waals surface area (Å²) in [6.07, 6.45) is 1.63. The Balaban J connectivity index is 2.40. The van der Waals surface area contributed by atoms with Crippen molar-refractivity contribution < 1.29 is 4.74 Å². The van der Waals surface area contributed by atoms with Crippen molar-refractivity contribution in [2.75, 3.05) is 20.8 Å². The summed E-state index contributed by atoms with van der Waals surface area (Å²) in [6, 6.07) is 5.38. The molecule has 0 saturated carbocycles. The molecule has 1 aromatic carbocycles. The largest absolute Gasteiger partial charge is 0.383 e. The molecule has 1 N–H and O–H groups in total. The molecule has 0 aliphatic rings. The van der Waals surface area contributed by atoms with Crippen molar-refractivity contribution in [2.24, 2.45) is 0 Å². The van der Waals surface area contributed by atoms with Crippen LogP contribution in [0.1, 0.15) is 17.3 Å². The van der Waals surface area contributed by atoms with Gasteiger partial charge < -0.3 is 10.1 Å². The fourth-order valence-corrected chi connectivity index (χ4v) is 2.72. The van der Waals surface area contributed by atoms with E-state index in [1.807, 2.05) is 23.9 Å². The summed E-state index contributed by atoms with van der Waals surface area (Å²) >= 11 is 18.4.